The molecule has 3 rings (SSSR count). The lowest BCUT2D eigenvalue weighted by Crippen LogP contribution is -2.12. The molecule has 1 aliphatic carbocycles. The zero-order valence-corrected chi connectivity index (χ0v) is 16.0. The van der Waals surface area contributed by atoms with Gasteiger partial charge in [0.15, 0.2) is 5.75 Å². The predicted molar refractivity (Wildman–Crippen MR) is 105 cm³/mol. The SMILES string of the molecule is COC(=O)c1cccc(C(C#N)=Cc2cnc(OC)c(OC3CCCC3)c2)c1. The normalized spacial score (nSPS) is 14.4. The van der Waals surface area contributed by atoms with Gasteiger partial charge in [-0.25, -0.2) is 9.78 Å². The minimum absolute atomic E-state index is 0.169. The van der Waals surface area contributed by atoms with Crippen LogP contribution in [0.5, 0.6) is 11.6 Å². The van der Waals surface area contributed by atoms with Crippen LogP contribution in [0, 0.1) is 11.3 Å². The summed E-state index contributed by atoms with van der Waals surface area (Å²) in [6, 6.07) is 10.8. The van der Waals surface area contributed by atoms with Crippen LogP contribution in [0.25, 0.3) is 11.6 Å². The van der Waals surface area contributed by atoms with Crippen molar-refractivity contribution in [3.05, 3.63) is 53.2 Å². The molecule has 0 radical (unpaired) electrons. The largest absolute Gasteiger partial charge is 0.485 e. The van der Waals surface area contributed by atoms with Crippen LogP contribution in [0.15, 0.2) is 36.5 Å². The maximum atomic E-state index is 11.7. The fourth-order valence-electron chi connectivity index (χ4n) is 3.23. The summed E-state index contributed by atoms with van der Waals surface area (Å²) in [6.45, 7) is 0. The third kappa shape index (κ3) is 4.49. The molecule has 2 aromatic rings. The minimum Gasteiger partial charge on any atom is -0.485 e. The number of hydrogen-bond donors (Lipinski definition) is 0. The zero-order valence-electron chi connectivity index (χ0n) is 16.0. The molecule has 1 aliphatic rings. The summed E-state index contributed by atoms with van der Waals surface area (Å²) >= 11 is 0. The molecule has 1 saturated carbocycles. The highest BCUT2D eigenvalue weighted by Crippen LogP contribution is 2.31. The van der Waals surface area contributed by atoms with E-state index in [-0.39, 0.29) is 6.10 Å². The van der Waals surface area contributed by atoms with E-state index in [1.807, 2.05) is 6.07 Å². The van der Waals surface area contributed by atoms with Gasteiger partial charge in [-0.2, -0.15) is 5.26 Å². The maximum Gasteiger partial charge on any atom is 0.337 e. The third-order valence-electron chi connectivity index (χ3n) is 4.65. The first-order valence-electron chi connectivity index (χ1n) is 9.16. The number of aromatic nitrogens is 1. The highest BCUT2D eigenvalue weighted by atomic mass is 16.5. The summed E-state index contributed by atoms with van der Waals surface area (Å²) in [5.41, 5.74) is 2.14. The number of esters is 1. The van der Waals surface area contributed by atoms with Crippen LogP contribution >= 0.6 is 0 Å². The van der Waals surface area contributed by atoms with E-state index in [0.29, 0.717) is 33.9 Å². The van der Waals surface area contributed by atoms with Crippen molar-refractivity contribution in [3.8, 4) is 17.7 Å². The van der Waals surface area contributed by atoms with Crippen molar-refractivity contribution < 1.29 is 19.0 Å². The predicted octanol–water partition coefficient (Wildman–Crippen LogP) is 4.26. The van der Waals surface area contributed by atoms with Crippen LogP contribution in [0.1, 0.15) is 47.2 Å². The first kappa shape index (κ1) is 19.4. The topological polar surface area (TPSA) is 81.4 Å². The molecule has 0 spiro atoms. The molecule has 1 aromatic carbocycles. The summed E-state index contributed by atoms with van der Waals surface area (Å²) in [5, 5.41) is 9.62. The van der Waals surface area contributed by atoms with Crippen molar-refractivity contribution >= 4 is 17.6 Å². The molecule has 0 saturated heterocycles. The monoisotopic (exact) mass is 378 g/mol. The summed E-state index contributed by atoms with van der Waals surface area (Å²) in [7, 11) is 2.88. The number of benzene rings is 1. The number of nitrogens with zero attached hydrogens (tertiary/aromatic N) is 2. The van der Waals surface area contributed by atoms with Crippen LogP contribution in [0.2, 0.25) is 0 Å². The smallest absolute Gasteiger partial charge is 0.337 e. The van der Waals surface area contributed by atoms with E-state index in [1.165, 1.54) is 7.11 Å². The molecule has 1 aromatic heterocycles. The molecular formula is C22H22N2O4. The second-order valence-corrected chi connectivity index (χ2v) is 6.54. The van der Waals surface area contributed by atoms with Crippen molar-refractivity contribution in [1.82, 2.24) is 4.98 Å². The summed E-state index contributed by atoms with van der Waals surface area (Å²) in [5.74, 6) is 0.552. The molecule has 0 unspecified atom stereocenters. The molecule has 0 atom stereocenters. The molecular weight excluding hydrogens is 356 g/mol. The van der Waals surface area contributed by atoms with Crippen molar-refractivity contribution in [2.24, 2.45) is 0 Å². The highest BCUT2D eigenvalue weighted by Gasteiger charge is 2.19. The average molecular weight is 378 g/mol. The number of pyridine rings is 1. The number of hydrogen-bond acceptors (Lipinski definition) is 6. The molecule has 6 nitrogen and oxygen atoms in total. The van der Waals surface area contributed by atoms with E-state index in [1.54, 1.807) is 43.6 Å². The first-order valence-corrected chi connectivity index (χ1v) is 9.16. The highest BCUT2D eigenvalue weighted by molar-refractivity contribution is 5.94. The van der Waals surface area contributed by atoms with Gasteiger partial charge in [0.05, 0.1) is 37.5 Å². The summed E-state index contributed by atoms with van der Waals surface area (Å²) in [6.07, 6.45) is 7.87. The molecule has 0 bridgehead atoms. The second-order valence-electron chi connectivity index (χ2n) is 6.54. The third-order valence-corrected chi connectivity index (χ3v) is 4.65. The van der Waals surface area contributed by atoms with Crippen molar-refractivity contribution in [3.63, 3.8) is 0 Å². The Labute approximate surface area is 164 Å². The minimum atomic E-state index is -0.447. The van der Waals surface area contributed by atoms with E-state index in [9.17, 15) is 10.1 Å². The van der Waals surface area contributed by atoms with Gasteiger partial charge in [0.2, 0.25) is 0 Å². The van der Waals surface area contributed by atoms with Crippen LogP contribution in [-0.4, -0.2) is 31.3 Å². The molecule has 0 aliphatic heterocycles. The van der Waals surface area contributed by atoms with Crippen molar-refractivity contribution in [2.45, 2.75) is 31.8 Å². The van der Waals surface area contributed by atoms with Gasteiger partial charge in [0.1, 0.15) is 0 Å². The Morgan fingerprint density at radius 3 is 2.64 bits per heavy atom. The van der Waals surface area contributed by atoms with E-state index < -0.39 is 5.97 Å². The van der Waals surface area contributed by atoms with Crippen LogP contribution < -0.4 is 9.47 Å². The zero-order chi connectivity index (χ0) is 19.9. The number of carbonyl (C=O) groups excluding carboxylic acids is 1. The number of rotatable bonds is 6. The van der Waals surface area contributed by atoms with Gasteiger partial charge in [-0.15, -0.1) is 0 Å². The Kier molecular flexibility index (Phi) is 6.28. The maximum absolute atomic E-state index is 11.7. The van der Waals surface area contributed by atoms with Crippen LogP contribution in [0.3, 0.4) is 0 Å². The molecule has 0 amide bonds. The van der Waals surface area contributed by atoms with Gasteiger partial charge in [-0.05, 0) is 61.1 Å². The lowest BCUT2D eigenvalue weighted by Gasteiger charge is -2.15. The van der Waals surface area contributed by atoms with Crippen molar-refractivity contribution in [1.29, 1.82) is 5.26 Å². The quantitative estimate of drug-likeness (QED) is 0.552. The molecule has 1 heterocycles. The van der Waals surface area contributed by atoms with Gasteiger partial charge in [0.25, 0.3) is 5.88 Å². The fraction of sp³-hybridized carbons (Fsp3) is 0.318. The molecule has 6 heteroatoms. The molecule has 0 N–H and O–H groups in total. The average Bonchev–Trinajstić information content (AvgIpc) is 3.24. The Morgan fingerprint density at radius 1 is 1.21 bits per heavy atom. The lowest BCUT2D eigenvalue weighted by molar-refractivity contribution is 0.0600. The molecule has 1 fully saturated rings. The number of carbonyl (C=O) groups is 1. The van der Waals surface area contributed by atoms with Crippen molar-refractivity contribution in [2.75, 3.05) is 14.2 Å². The molecule has 144 valence electrons. The number of allylic oxidation sites excluding steroid dienone is 1. The van der Waals surface area contributed by atoms with Gasteiger partial charge >= 0.3 is 5.97 Å². The lowest BCUT2D eigenvalue weighted by atomic mass is 10.0. The van der Waals surface area contributed by atoms with E-state index in [4.69, 9.17) is 14.2 Å². The first-order chi connectivity index (χ1) is 13.6. The Bertz CT molecular complexity index is 924. The Balaban J connectivity index is 1.92. The number of nitriles is 1. The second kappa shape index (κ2) is 9.05. The van der Waals surface area contributed by atoms with Gasteiger partial charge in [0, 0.05) is 6.20 Å². The Hall–Kier alpha value is -3.33. The van der Waals surface area contributed by atoms with Gasteiger partial charge < -0.3 is 14.2 Å². The summed E-state index contributed by atoms with van der Waals surface area (Å²) < 4.78 is 16.1. The Morgan fingerprint density at radius 2 is 1.96 bits per heavy atom. The van der Waals surface area contributed by atoms with E-state index >= 15 is 0 Å². The van der Waals surface area contributed by atoms with Gasteiger partial charge in [-0.3, -0.25) is 0 Å². The van der Waals surface area contributed by atoms with Crippen LogP contribution in [-0.2, 0) is 4.74 Å². The summed E-state index contributed by atoms with van der Waals surface area (Å²) in [4.78, 5) is 16.1. The number of methoxy groups -OCH3 is 2. The van der Waals surface area contributed by atoms with E-state index in [2.05, 4.69) is 11.1 Å². The van der Waals surface area contributed by atoms with Crippen LogP contribution in [0.4, 0.5) is 0 Å². The number of ether oxygens (including phenoxy) is 3. The van der Waals surface area contributed by atoms with Gasteiger partial charge in [-0.1, -0.05) is 12.1 Å². The van der Waals surface area contributed by atoms with E-state index in [0.717, 1.165) is 25.7 Å². The molecule has 28 heavy (non-hydrogen) atoms. The fourth-order valence-corrected chi connectivity index (χ4v) is 3.23. The standard InChI is InChI=1S/C22H22N2O4/c1-26-21-20(28-19-8-3-4-9-19)11-15(14-24-21)10-18(13-23)16-6-5-7-17(12-16)22(25)27-2/h5-7,10-12,14,19H,3-4,8-9H2,1-2H3.